The van der Waals surface area contributed by atoms with Gasteiger partial charge < -0.3 is 31.1 Å². The summed E-state index contributed by atoms with van der Waals surface area (Å²) in [5, 5.41) is 44.4. The number of phenols is 1. The molecule has 2 aromatic rings. The van der Waals surface area contributed by atoms with E-state index >= 15 is 0 Å². The van der Waals surface area contributed by atoms with Crippen molar-refractivity contribution in [1.29, 1.82) is 0 Å². The van der Waals surface area contributed by atoms with Crippen LogP contribution in [0.2, 0.25) is 0 Å². The van der Waals surface area contributed by atoms with E-state index in [4.69, 9.17) is 5.73 Å². The number of nitrogens with zero attached hydrogens (tertiary/aromatic N) is 1. The predicted octanol–water partition coefficient (Wildman–Crippen LogP) is 1.05. The summed E-state index contributed by atoms with van der Waals surface area (Å²) in [6, 6.07) is 10.9. The number of phenolic OH excluding ortho intramolecular Hbond substituents is 1. The van der Waals surface area contributed by atoms with Gasteiger partial charge in [0.2, 0.25) is 11.7 Å². The molecule has 0 aromatic heterocycles. The first-order valence-corrected chi connectivity index (χ1v) is 12.3. The Hall–Kier alpha value is -4.13. The summed E-state index contributed by atoms with van der Waals surface area (Å²) in [7, 11) is 3.62. The molecule has 5 rings (SSSR count). The summed E-state index contributed by atoms with van der Waals surface area (Å²) in [4.78, 5) is 40.5. The van der Waals surface area contributed by atoms with Crippen molar-refractivity contribution < 1.29 is 34.8 Å². The smallest absolute Gasteiger partial charge is 0.230 e. The third kappa shape index (κ3) is 3.68. The van der Waals surface area contributed by atoms with E-state index in [1.807, 2.05) is 49.3 Å². The molecule has 2 aromatic carbocycles. The molecule has 9 heteroatoms. The summed E-state index contributed by atoms with van der Waals surface area (Å²) >= 11 is 0. The predicted molar refractivity (Wildman–Crippen MR) is 138 cm³/mol. The summed E-state index contributed by atoms with van der Waals surface area (Å²) in [5.41, 5.74) is 4.75. The van der Waals surface area contributed by atoms with Crippen LogP contribution in [-0.4, -0.2) is 63.7 Å². The molecule has 2 fully saturated rings. The molecule has 5 atom stereocenters. The maximum Gasteiger partial charge on any atom is 0.230 e. The number of primary amides is 1. The van der Waals surface area contributed by atoms with Crippen LogP contribution in [0.4, 0.5) is 5.69 Å². The van der Waals surface area contributed by atoms with Gasteiger partial charge in [-0.05, 0) is 48.9 Å². The topological polar surface area (TPSA) is 161 Å². The van der Waals surface area contributed by atoms with E-state index in [0.29, 0.717) is 11.3 Å². The number of fused-ring (bicyclic) bond motifs is 3. The van der Waals surface area contributed by atoms with Gasteiger partial charge in [0.1, 0.15) is 17.4 Å². The van der Waals surface area contributed by atoms with Gasteiger partial charge >= 0.3 is 0 Å². The molecule has 2 saturated carbocycles. The first-order chi connectivity index (χ1) is 18.0. The van der Waals surface area contributed by atoms with E-state index in [9.17, 15) is 34.8 Å². The Balaban J connectivity index is 1.67. The van der Waals surface area contributed by atoms with Gasteiger partial charge in [-0.3, -0.25) is 14.4 Å². The Labute approximate surface area is 219 Å². The first-order valence-electron chi connectivity index (χ1n) is 12.3. The van der Waals surface area contributed by atoms with Crippen LogP contribution < -0.4 is 10.6 Å². The van der Waals surface area contributed by atoms with Crippen molar-refractivity contribution in [2.24, 2.45) is 23.5 Å². The number of aromatic hydroxyl groups is 1. The lowest BCUT2D eigenvalue weighted by atomic mass is 9.56. The van der Waals surface area contributed by atoms with Crippen molar-refractivity contribution in [1.82, 2.24) is 0 Å². The van der Waals surface area contributed by atoms with Gasteiger partial charge in [-0.25, -0.2) is 0 Å². The van der Waals surface area contributed by atoms with E-state index in [0.717, 1.165) is 5.56 Å². The Morgan fingerprint density at radius 1 is 1.11 bits per heavy atom. The van der Waals surface area contributed by atoms with E-state index in [1.165, 1.54) is 0 Å². The van der Waals surface area contributed by atoms with Gasteiger partial charge in [0, 0.05) is 36.8 Å². The molecule has 38 heavy (non-hydrogen) atoms. The summed E-state index contributed by atoms with van der Waals surface area (Å²) in [6.07, 6.45) is -1.23. The lowest BCUT2D eigenvalue weighted by Crippen LogP contribution is -2.66. The van der Waals surface area contributed by atoms with Crippen LogP contribution in [-0.2, 0) is 20.8 Å². The zero-order valence-corrected chi connectivity index (χ0v) is 20.9. The van der Waals surface area contributed by atoms with Crippen molar-refractivity contribution in [3.05, 3.63) is 64.2 Å². The largest absolute Gasteiger partial charge is 0.507 e. The highest BCUT2D eigenvalue weighted by Crippen LogP contribution is 2.53. The second-order valence-electron chi connectivity index (χ2n) is 10.4. The number of anilines is 1. The van der Waals surface area contributed by atoms with Crippen LogP contribution in [0.25, 0.3) is 5.76 Å². The minimum atomic E-state index is -2.61. The fourth-order valence-corrected chi connectivity index (χ4v) is 6.13. The zero-order chi connectivity index (χ0) is 27.5. The number of rotatable bonds is 2. The Morgan fingerprint density at radius 3 is 2.42 bits per heavy atom. The fourth-order valence-electron chi connectivity index (χ4n) is 6.13. The number of Topliss-reactive ketones (excluding diaryl/α,β-unsaturated/α-hetero) is 2. The number of ketones is 2. The molecular weight excluding hydrogens is 488 g/mol. The molecule has 6 N–H and O–H groups in total. The Morgan fingerprint density at radius 2 is 1.79 bits per heavy atom. The van der Waals surface area contributed by atoms with Crippen LogP contribution in [0.15, 0.2) is 42.0 Å². The highest BCUT2D eigenvalue weighted by molar-refractivity contribution is 6.24. The van der Waals surface area contributed by atoms with E-state index < -0.39 is 52.7 Å². The third-order valence-electron chi connectivity index (χ3n) is 7.96. The molecule has 0 aliphatic heterocycles. The van der Waals surface area contributed by atoms with Crippen LogP contribution in [0.5, 0.6) is 5.75 Å². The lowest BCUT2D eigenvalue weighted by Gasteiger charge is -2.48. The molecule has 196 valence electrons. The minimum absolute atomic E-state index is 0.0185. The summed E-state index contributed by atoms with van der Waals surface area (Å²) in [6.45, 7) is 0. The van der Waals surface area contributed by atoms with Gasteiger partial charge in [0.25, 0.3) is 0 Å². The number of hydrogen-bond acceptors (Lipinski definition) is 8. The average Bonchev–Trinajstić information content (AvgIpc) is 2.86. The number of benzene rings is 2. The number of aliphatic hydroxyl groups is 3. The molecule has 0 spiro atoms. The third-order valence-corrected chi connectivity index (χ3v) is 7.96. The molecule has 0 heterocycles. The molecule has 2 unspecified atom stereocenters. The number of nitrogens with two attached hydrogens (primary N) is 1. The Bertz CT molecular complexity index is 1470. The van der Waals surface area contributed by atoms with Crippen LogP contribution in [0, 0.1) is 29.6 Å². The van der Waals surface area contributed by atoms with E-state index in [-0.39, 0.29) is 41.7 Å². The monoisotopic (exact) mass is 516 g/mol. The summed E-state index contributed by atoms with van der Waals surface area (Å²) in [5.74, 6) is -1.54. The molecule has 1 amide bonds. The standard InChI is InChI=1S/C29H28N2O7/c1-31(2)19-12-15(9-8-14-6-4-3-5-7-14)24(33)22-18(19)11-16-10-17-13-20(32)23(28(30)37)27(36)29(17,38)26(35)21(16)25(22)34/h3-7,12,16-17,20,23,32-34,38H,10-11,13H2,1-2H3,(H2,30,37)/t16-,17+,20?,23?,29+/m1/s1. The van der Waals surface area contributed by atoms with Crippen molar-refractivity contribution in [3.63, 3.8) is 0 Å². The molecule has 3 aliphatic rings. The molecule has 3 aliphatic carbocycles. The Kier molecular flexibility index (Phi) is 6.05. The van der Waals surface area contributed by atoms with Crippen molar-refractivity contribution >= 4 is 28.9 Å². The van der Waals surface area contributed by atoms with Crippen LogP contribution >= 0.6 is 0 Å². The number of carbonyl (C=O) groups is 3. The van der Waals surface area contributed by atoms with Crippen LogP contribution in [0.3, 0.4) is 0 Å². The average molecular weight is 517 g/mol. The number of carbonyl (C=O) groups excluding carboxylic acids is 3. The molecule has 0 bridgehead atoms. The number of amides is 1. The van der Waals surface area contributed by atoms with Gasteiger partial charge in [0.05, 0.1) is 17.2 Å². The molecule has 0 radical (unpaired) electrons. The van der Waals surface area contributed by atoms with E-state index in [1.54, 1.807) is 6.07 Å². The SMILES string of the molecule is CN(C)c1cc(C#Cc2ccccc2)c(O)c2c1C[C@H]1C[C@H]3CC(O)C(C(N)=O)C(=O)[C@@]3(O)C(=O)C1=C2O. The van der Waals surface area contributed by atoms with Crippen LogP contribution in [0.1, 0.15) is 35.1 Å². The fraction of sp³-hybridized carbons (Fsp3) is 0.345. The van der Waals surface area contributed by atoms with E-state index in [2.05, 4.69) is 11.8 Å². The second kappa shape index (κ2) is 9.01. The maximum atomic E-state index is 13.7. The lowest BCUT2D eigenvalue weighted by molar-refractivity contribution is -0.174. The van der Waals surface area contributed by atoms with Crippen molar-refractivity contribution in [3.8, 4) is 17.6 Å². The van der Waals surface area contributed by atoms with Crippen molar-refractivity contribution in [2.45, 2.75) is 31.0 Å². The van der Waals surface area contributed by atoms with Gasteiger partial charge in [0.15, 0.2) is 11.4 Å². The van der Waals surface area contributed by atoms with Gasteiger partial charge in [-0.1, -0.05) is 30.0 Å². The van der Waals surface area contributed by atoms with Crippen molar-refractivity contribution in [2.75, 3.05) is 19.0 Å². The highest BCUT2D eigenvalue weighted by atomic mass is 16.3. The first kappa shape index (κ1) is 25.5. The number of hydrogen-bond donors (Lipinski definition) is 5. The zero-order valence-electron chi connectivity index (χ0n) is 20.9. The van der Waals surface area contributed by atoms with Gasteiger partial charge in [-0.2, -0.15) is 0 Å². The molecule has 9 nitrogen and oxygen atoms in total. The van der Waals surface area contributed by atoms with Gasteiger partial charge in [-0.15, -0.1) is 0 Å². The molecular formula is C29H28N2O7. The molecule has 0 saturated heterocycles. The maximum absolute atomic E-state index is 13.7. The highest BCUT2D eigenvalue weighted by Gasteiger charge is 2.64. The summed E-state index contributed by atoms with van der Waals surface area (Å²) < 4.78 is 0. The second-order valence-corrected chi connectivity index (χ2v) is 10.4. The normalized spacial score (nSPS) is 28.0. The quantitative estimate of drug-likeness (QED) is 0.292. The minimum Gasteiger partial charge on any atom is -0.507 e. The number of aliphatic hydroxyl groups excluding tert-OH is 2.